The van der Waals surface area contributed by atoms with Crippen LogP contribution in [0, 0.1) is 29.1 Å². The fourth-order valence-corrected chi connectivity index (χ4v) is 5.25. The molecule has 4 aliphatic rings. The number of ether oxygens (including phenoxy) is 2. The Hall–Kier alpha value is -1.06. The van der Waals surface area contributed by atoms with Crippen molar-refractivity contribution in [2.24, 2.45) is 29.1 Å². The van der Waals surface area contributed by atoms with Gasteiger partial charge in [-0.15, -0.1) is 0 Å². The maximum Gasteiger partial charge on any atom is 0.309 e. The monoisotopic (exact) mass is 280 g/mol. The summed E-state index contributed by atoms with van der Waals surface area (Å²) >= 11 is 0. The molecule has 2 unspecified atom stereocenters. The van der Waals surface area contributed by atoms with E-state index >= 15 is 0 Å². The number of hydrogen-bond acceptors (Lipinski definition) is 4. The molecule has 0 heterocycles. The van der Waals surface area contributed by atoms with Crippen LogP contribution in [0.15, 0.2) is 0 Å². The number of carbonyl (C=O) groups is 2. The van der Waals surface area contributed by atoms with Gasteiger partial charge in [0.15, 0.2) is 0 Å². The third-order valence-electron chi connectivity index (χ3n) is 5.54. The lowest BCUT2D eigenvalue weighted by molar-refractivity contribution is -0.177. The summed E-state index contributed by atoms with van der Waals surface area (Å²) in [6.45, 7) is 4.36. The zero-order chi connectivity index (χ0) is 14.3. The van der Waals surface area contributed by atoms with Gasteiger partial charge in [0.2, 0.25) is 0 Å². The van der Waals surface area contributed by atoms with E-state index in [1.54, 1.807) is 0 Å². The molecule has 4 aliphatic carbocycles. The minimum absolute atomic E-state index is 0.00364. The van der Waals surface area contributed by atoms with Crippen molar-refractivity contribution in [1.29, 1.82) is 0 Å². The Morgan fingerprint density at radius 3 is 2.30 bits per heavy atom. The standard InChI is InChI=1S/C16H24O4/c1-3-19-15(18)14-12-4-11-5-13(14)8-16(6-11,7-12)9-20-10(2)17/h11-14H,3-9H2,1-2H3. The Bertz CT molecular complexity index is 401. The highest BCUT2D eigenvalue weighted by Gasteiger charge is 2.57. The van der Waals surface area contributed by atoms with Crippen molar-refractivity contribution in [2.75, 3.05) is 13.2 Å². The normalized spacial score (nSPS) is 41.5. The Kier molecular flexibility index (Phi) is 3.51. The van der Waals surface area contributed by atoms with Gasteiger partial charge in [0, 0.05) is 12.3 Å². The molecular weight excluding hydrogens is 256 g/mol. The van der Waals surface area contributed by atoms with Crippen molar-refractivity contribution in [3.05, 3.63) is 0 Å². The summed E-state index contributed by atoms with van der Waals surface area (Å²) in [5.74, 6) is 1.50. The van der Waals surface area contributed by atoms with Crippen molar-refractivity contribution >= 4 is 11.9 Å². The smallest absolute Gasteiger partial charge is 0.309 e. The molecule has 0 spiro atoms. The highest BCUT2D eigenvalue weighted by atomic mass is 16.5. The summed E-state index contributed by atoms with van der Waals surface area (Å²) in [6.07, 6.45) is 5.53. The molecule has 4 fully saturated rings. The van der Waals surface area contributed by atoms with E-state index in [4.69, 9.17) is 9.47 Å². The summed E-state index contributed by atoms with van der Waals surface area (Å²) in [6, 6.07) is 0. The lowest BCUT2D eigenvalue weighted by Crippen LogP contribution is -2.55. The Balaban J connectivity index is 1.73. The van der Waals surface area contributed by atoms with Crippen LogP contribution in [-0.4, -0.2) is 25.2 Å². The quantitative estimate of drug-likeness (QED) is 0.743. The number of carbonyl (C=O) groups excluding carboxylic acids is 2. The van der Waals surface area contributed by atoms with Crippen LogP contribution in [0.4, 0.5) is 0 Å². The predicted octanol–water partition coefficient (Wildman–Crippen LogP) is 2.56. The van der Waals surface area contributed by atoms with E-state index in [2.05, 4.69) is 0 Å². The topological polar surface area (TPSA) is 52.6 Å². The van der Waals surface area contributed by atoms with Gasteiger partial charge in [-0.25, -0.2) is 0 Å². The van der Waals surface area contributed by atoms with Gasteiger partial charge in [0.05, 0.1) is 19.1 Å². The van der Waals surface area contributed by atoms with E-state index in [-0.39, 0.29) is 23.3 Å². The first-order valence-corrected chi connectivity index (χ1v) is 7.83. The van der Waals surface area contributed by atoms with Crippen molar-refractivity contribution in [2.45, 2.75) is 46.0 Å². The number of esters is 2. The average Bonchev–Trinajstić information content (AvgIpc) is 2.35. The summed E-state index contributed by atoms with van der Waals surface area (Å²) in [7, 11) is 0. The largest absolute Gasteiger partial charge is 0.466 e. The van der Waals surface area contributed by atoms with Crippen molar-refractivity contribution in [3.63, 3.8) is 0 Å². The van der Waals surface area contributed by atoms with E-state index in [9.17, 15) is 9.59 Å². The summed E-state index contributed by atoms with van der Waals surface area (Å²) in [4.78, 5) is 23.3. The van der Waals surface area contributed by atoms with Crippen LogP contribution in [0.2, 0.25) is 0 Å². The van der Waals surface area contributed by atoms with E-state index in [0.29, 0.717) is 31.0 Å². The summed E-state index contributed by atoms with van der Waals surface area (Å²) in [5.41, 5.74) is 0.144. The fraction of sp³-hybridized carbons (Fsp3) is 0.875. The Morgan fingerprint density at radius 1 is 1.10 bits per heavy atom. The molecule has 0 saturated heterocycles. The van der Waals surface area contributed by atoms with Crippen LogP contribution in [0.3, 0.4) is 0 Å². The second-order valence-corrected chi connectivity index (χ2v) is 7.03. The highest BCUT2D eigenvalue weighted by Crippen LogP contribution is 2.62. The van der Waals surface area contributed by atoms with E-state index in [1.807, 2.05) is 6.92 Å². The molecule has 0 aromatic rings. The molecule has 0 N–H and O–H groups in total. The Labute approximate surface area is 120 Å². The van der Waals surface area contributed by atoms with Crippen LogP contribution in [-0.2, 0) is 19.1 Å². The van der Waals surface area contributed by atoms with Crippen LogP contribution < -0.4 is 0 Å². The molecule has 4 heteroatoms. The molecule has 4 bridgehead atoms. The minimum atomic E-state index is -0.192. The van der Waals surface area contributed by atoms with Crippen LogP contribution in [0.25, 0.3) is 0 Å². The van der Waals surface area contributed by atoms with E-state index in [1.165, 1.54) is 13.3 Å². The molecule has 0 amide bonds. The summed E-state index contributed by atoms with van der Waals surface area (Å²) in [5, 5.41) is 0. The lowest BCUT2D eigenvalue weighted by atomic mass is 9.46. The van der Waals surface area contributed by atoms with Crippen molar-refractivity contribution in [1.82, 2.24) is 0 Å². The van der Waals surface area contributed by atoms with Crippen LogP contribution in [0.1, 0.15) is 46.0 Å². The van der Waals surface area contributed by atoms with E-state index in [0.717, 1.165) is 25.7 Å². The molecule has 4 rings (SSSR count). The predicted molar refractivity (Wildman–Crippen MR) is 72.7 cm³/mol. The van der Waals surface area contributed by atoms with Crippen molar-refractivity contribution in [3.8, 4) is 0 Å². The van der Waals surface area contributed by atoms with Gasteiger partial charge < -0.3 is 9.47 Å². The molecule has 4 saturated carbocycles. The van der Waals surface area contributed by atoms with Gasteiger partial charge in [-0.2, -0.15) is 0 Å². The highest BCUT2D eigenvalue weighted by molar-refractivity contribution is 5.73. The number of hydrogen-bond donors (Lipinski definition) is 0. The van der Waals surface area contributed by atoms with Gasteiger partial charge in [-0.05, 0) is 56.8 Å². The first-order valence-electron chi connectivity index (χ1n) is 7.83. The minimum Gasteiger partial charge on any atom is -0.466 e. The second-order valence-electron chi connectivity index (χ2n) is 7.03. The zero-order valence-corrected chi connectivity index (χ0v) is 12.4. The van der Waals surface area contributed by atoms with Crippen LogP contribution >= 0.6 is 0 Å². The number of rotatable bonds is 4. The molecule has 0 radical (unpaired) electrons. The second kappa shape index (κ2) is 5.05. The Morgan fingerprint density at radius 2 is 1.75 bits per heavy atom. The van der Waals surface area contributed by atoms with Gasteiger partial charge >= 0.3 is 11.9 Å². The lowest BCUT2D eigenvalue weighted by Gasteiger charge is -2.58. The first kappa shape index (κ1) is 13.9. The van der Waals surface area contributed by atoms with Gasteiger partial charge in [-0.3, -0.25) is 9.59 Å². The molecule has 4 nitrogen and oxygen atoms in total. The van der Waals surface area contributed by atoms with Gasteiger partial charge in [-0.1, -0.05) is 0 Å². The first-order chi connectivity index (χ1) is 9.53. The third-order valence-corrected chi connectivity index (χ3v) is 5.54. The molecule has 0 aromatic carbocycles. The molecule has 0 aromatic heterocycles. The molecular formula is C16H24O4. The summed E-state index contributed by atoms with van der Waals surface area (Å²) < 4.78 is 10.6. The maximum absolute atomic E-state index is 12.2. The van der Waals surface area contributed by atoms with Gasteiger partial charge in [0.1, 0.15) is 0 Å². The molecule has 2 atom stereocenters. The third kappa shape index (κ3) is 2.33. The van der Waals surface area contributed by atoms with Crippen molar-refractivity contribution < 1.29 is 19.1 Å². The fourth-order valence-electron chi connectivity index (χ4n) is 5.25. The van der Waals surface area contributed by atoms with Crippen LogP contribution in [0.5, 0.6) is 0 Å². The van der Waals surface area contributed by atoms with E-state index < -0.39 is 0 Å². The van der Waals surface area contributed by atoms with Gasteiger partial charge in [0.25, 0.3) is 0 Å². The maximum atomic E-state index is 12.2. The average molecular weight is 280 g/mol. The zero-order valence-electron chi connectivity index (χ0n) is 12.4. The molecule has 0 aliphatic heterocycles. The molecule has 20 heavy (non-hydrogen) atoms. The molecule has 112 valence electrons. The SMILES string of the molecule is CCOC(=O)C1C2CC3CC1CC(COC(C)=O)(C3)C2.